The lowest BCUT2D eigenvalue weighted by Gasteiger charge is -2.17. The number of benzene rings is 5. The molecular formula is C111H100N28O3S4. The zero-order valence-electron chi connectivity index (χ0n) is 77.0. The van der Waals surface area contributed by atoms with E-state index < -0.39 is 5.41 Å². The van der Waals surface area contributed by atoms with Crippen LogP contribution in [0.3, 0.4) is 0 Å². The van der Waals surface area contributed by atoms with Gasteiger partial charge >= 0.3 is 0 Å². The fourth-order valence-corrected chi connectivity index (χ4v) is 19.2. The van der Waals surface area contributed by atoms with Crippen LogP contribution in [0.4, 0.5) is 22.7 Å². The fraction of sp³-hybridized carbons (Fsp3) is 0.126. The highest BCUT2D eigenvalue weighted by Crippen LogP contribution is 2.42. The average Bonchev–Trinajstić information content (AvgIpc) is 1.62. The van der Waals surface area contributed by atoms with Crippen LogP contribution in [0.1, 0.15) is 69.9 Å². The summed E-state index contributed by atoms with van der Waals surface area (Å²) in [6, 6.07) is 50.3. The molecule has 0 unspecified atom stereocenters. The number of hydrogen-bond donors (Lipinski definition) is 11. The molecule has 0 aliphatic carbocycles. The fourth-order valence-electron chi connectivity index (χ4n) is 16.6. The minimum absolute atomic E-state index is 0. The Morgan fingerprint density at radius 3 is 0.945 bits per heavy atom. The van der Waals surface area contributed by atoms with Crippen molar-refractivity contribution in [3.63, 3.8) is 0 Å². The molecule has 726 valence electrons. The van der Waals surface area contributed by atoms with Gasteiger partial charge in [0.2, 0.25) is 17.7 Å². The molecule has 20 heterocycles. The molecule has 0 radical (unpaired) electrons. The van der Waals surface area contributed by atoms with Crippen LogP contribution in [0.25, 0.3) is 223 Å². The van der Waals surface area contributed by atoms with Crippen molar-refractivity contribution < 1.29 is 14.4 Å². The summed E-state index contributed by atoms with van der Waals surface area (Å²) in [6.07, 6.45) is 28.9. The lowest BCUT2D eigenvalue weighted by molar-refractivity contribution is -0.123. The summed E-state index contributed by atoms with van der Waals surface area (Å²) in [5, 5.41) is 59.9. The summed E-state index contributed by atoms with van der Waals surface area (Å²) in [4.78, 5) is 107. The monoisotopic (exact) mass is 2000 g/mol. The SMILES string of the molecule is C.C.C.C.CC(C)(C)C(=O)Nc1cncc(-c2ccc3[nH]nc(-c4nc5c(-c6ccsc6)cncc5[nH]4)c3c2)c1.CC(C)C(=O)Nc1cncc(-c2ccc3[nH]nc(-c4nc5c(-c6ccsc6)cncc5[nH]4)c3c2)c1.CN(C)c1cncc(-c2ccc3[nH]nc(-c4nc5c(-c6ccsc6)cncc5[nH]4)c3c2)c1.O=C(Cc1ccccc1)Nc1cncc(-c2ccc3[nH]nc(-c4nc5c(-c6ccsc6)cncc5[nH]4)c3c2)c1. The Labute approximate surface area is 854 Å². The first-order chi connectivity index (χ1) is 69.3. The number of carbonyl (C=O) groups is 3. The summed E-state index contributed by atoms with van der Waals surface area (Å²) >= 11 is 6.59. The van der Waals surface area contributed by atoms with Gasteiger partial charge in [-0.1, -0.05) is 119 Å². The lowest BCUT2D eigenvalue weighted by Crippen LogP contribution is -2.27. The number of nitrogens with one attached hydrogen (secondary N) is 11. The molecule has 0 spiro atoms. The van der Waals surface area contributed by atoms with E-state index in [1.54, 1.807) is 107 Å². The van der Waals surface area contributed by atoms with E-state index in [1.165, 1.54) is 0 Å². The number of amides is 3. The molecule has 11 N–H and O–H groups in total. The summed E-state index contributed by atoms with van der Waals surface area (Å²) in [5.41, 5.74) is 33.1. The van der Waals surface area contributed by atoms with Gasteiger partial charge in [-0.25, -0.2) is 19.9 Å². The van der Waals surface area contributed by atoms with Gasteiger partial charge in [0.1, 0.15) is 44.8 Å². The quantitative estimate of drug-likeness (QED) is 0.0358. The van der Waals surface area contributed by atoms with Crippen molar-refractivity contribution in [2.24, 2.45) is 11.3 Å². The third-order valence-corrected chi connectivity index (χ3v) is 26.8. The van der Waals surface area contributed by atoms with E-state index in [4.69, 9.17) is 19.9 Å². The van der Waals surface area contributed by atoms with Crippen LogP contribution < -0.4 is 20.9 Å². The second-order valence-electron chi connectivity index (χ2n) is 35.3. The highest BCUT2D eigenvalue weighted by molar-refractivity contribution is 7.09. The zero-order chi connectivity index (χ0) is 96.6. The third-order valence-electron chi connectivity index (χ3n) is 24.1. The molecule has 0 saturated carbocycles. The summed E-state index contributed by atoms with van der Waals surface area (Å²) in [5.74, 6) is 2.42. The number of thiophene rings is 4. The number of rotatable bonds is 19. The van der Waals surface area contributed by atoms with Gasteiger partial charge in [-0.3, -0.25) is 74.7 Å². The molecule has 35 heteroatoms. The molecule has 0 aliphatic heterocycles. The second-order valence-corrected chi connectivity index (χ2v) is 38.4. The Bertz CT molecular complexity index is 8970. The number of hydrogen-bond acceptors (Lipinski definition) is 24. The topological polar surface area (TPSA) is 423 Å². The molecule has 0 saturated heterocycles. The van der Waals surface area contributed by atoms with Gasteiger partial charge in [-0.05, 0) is 190 Å². The predicted molar refractivity (Wildman–Crippen MR) is 594 cm³/mol. The number of H-pyrrole nitrogens is 8. The van der Waals surface area contributed by atoms with Gasteiger partial charge in [0.05, 0.1) is 123 Å². The molecule has 25 aromatic rings. The number of aromatic nitrogens is 24. The van der Waals surface area contributed by atoms with Crippen LogP contribution in [0.5, 0.6) is 0 Å². The molecule has 0 atom stereocenters. The predicted octanol–water partition coefficient (Wildman–Crippen LogP) is 26.5. The van der Waals surface area contributed by atoms with Crippen LogP contribution >= 0.6 is 45.3 Å². The molecule has 25 rings (SSSR count). The largest absolute Gasteiger partial charge is 0.376 e. The van der Waals surface area contributed by atoms with Crippen molar-refractivity contribution in [2.45, 2.75) is 70.7 Å². The van der Waals surface area contributed by atoms with E-state index >= 15 is 0 Å². The van der Waals surface area contributed by atoms with E-state index in [2.05, 4.69) is 204 Å². The maximum atomic E-state index is 12.6. The zero-order valence-corrected chi connectivity index (χ0v) is 80.3. The Hall–Kier alpha value is -17.9. The number of carbonyl (C=O) groups excluding carboxylic acids is 3. The number of aromatic amines is 8. The summed E-state index contributed by atoms with van der Waals surface area (Å²) in [6.45, 7) is 9.36. The molecule has 31 nitrogen and oxygen atoms in total. The van der Waals surface area contributed by atoms with Gasteiger partial charge in [0.25, 0.3) is 0 Å². The average molecular weight is 2000 g/mol. The third kappa shape index (κ3) is 20.2. The number of fused-ring (bicyclic) bond motifs is 8. The van der Waals surface area contributed by atoms with Crippen molar-refractivity contribution in [1.82, 2.24) is 121 Å². The maximum Gasteiger partial charge on any atom is 0.229 e. The van der Waals surface area contributed by atoms with Gasteiger partial charge in [-0.15, -0.1) is 0 Å². The van der Waals surface area contributed by atoms with Crippen LogP contribution in [0.2, 0.25) is 0 Å². The van der Waals surface area contributed by atoms with E-state index in [0.717, 1.165) is 211 Å². The maximum absolute atomic E-state index is 12.6. The number of nitrogens with zero attached hydrogens (tertiary/aromatic N) is 17. The van der Waals surface area contributed by atoms with Crippen molar-refractivity contribution in [1.29, 1.82) is 0 Å². The first-order valence-electron chi connectivity index (χ1n) is 45.2. The normalized spacial score (nSPS) is 11.2. The first-order valence-corrected chi connectivity index (χ1v) is 48.9. The van der Waals surface area contributed by atoms with Crippen LogP contribution in [0.15, 0.2) is 294 Å². The van der Waals surface area contributed by atoms with E-state index in [1.807, 2.05) is 198 Å². The van der Waals surface area contributed by atoms with Crippen molar-refractivity contribution in [2.75, 3.05) is 34.9 Å². The molecule has 3 amide bonds. The van der Waals surface area contributed by atoms with E-state index in [-0.39, 0.29) is 53.3 Å². The molecule has 5 aromatic carbocycles. The second kappa shape index (κ2) is 42.1. The minimum Gasteiger partial charge on any atom is -0.376 e. The first kappa shape index (κ1) is 98.3. The summed E-state index contributed by atoms with van der Waals surface area (Å²) < 4.78 is 0. The van der Waals surface area contributed by atoms with Gasteiger partial charge in [-0.2, -0.15) is 65.7 Å². The molecule has 0 fully saturated rings. The van der Waals surface area contributed by atoms with Crippen molar-refractivity contribution >= 4 is 174 Å². The Morgan fingerprint density at radius 1 is 0.329 bits per heavy atom. The van der Waals surface area contributed by atoms with Gasteiger partial charge in [0.15, 0.2) is 23.3 Å². The molecule has 0 bridgehead atoms. The Morgan fingerprint density at radius 2 is 0.637 bits per heavy atom. The number of anilines is 4. The Kier molecular flexibility index (Phi) is 28.3. The minimum atomic E-state index is -0.494. The molecular weight excluding hydrogens is 1900 g/mol. The Balaban J connectivity index is 0.000000127. The van der Waals surface area contributed by atoms with Crippen molar-refractivity contribution in [3.8, 4) is 135 Å². The smallest absolute Gasteiger partial charge is 0.229 e. The van der Waals surface area contributed by atoms with Crippen molar-refractivity contribution in [3.05, 3.63) is 299 Å². The number of imidazole rings is 4. The van der Waals surface area contributed by atoms with E-state index in [0.29, 0.717) is 46.8 Å². The molecule has 0 aliphatic rings. The summed E-state index contributed by atoms with van der Waals surface area (Å²) in [7, 11) is 4.03. The van der Waals surface area contributed by atoms with E-state index in [9.17, 15) is 14.4 Å². The number of pyridine rings is 8. The standard InChI is InChI=1S/C30H21N7OS.C27H23N7OS.C26H21N7OS.C24H19N7S.4CH4/c38-27(10-18-4-2-1-3-5-18)33-22-11-21(13-31-14-22)19-6-7-25-23(12-19)29(37-36-25)30-34-26-16-32-15-24(28(26)35-30)20-8-9-39-17-20;1-27(2,3)26(35)30-18-8-17(10-28-11-18)15-4-5-21-19(9-15)24(34-33-21)25-31-22-13-29-12-20(23(22)32-25)16-6-7-36-14-16;1-14(2)26(34)29-18-7-17(9-27-10-18)15-3-4-21-19(8-15)24(33-32-21)25-30-22-12-28-11-20(23(22)31-25)16-5-6-35-13-16;1-31(2)17-7-16(9-25-10-17)14-3-4-20-18(8-14)23(30-29-20)24-27-21-12-26-11-19(22(21)28-24)15-5-6-32-13-15;;;;/h1-9,11-17H,10H2,(H,33,38)(H,34,35)(H,36,37);4-14H,1-3H3,(H,30,35)(H,31,32)(H,33,34);3-14H,1-2H3,(H,29,34)(H,30,31)(H,32,33);3-13H,1-2H3,(H,27,28)(H,29,30);4*1H4. The molecule has 146 heavy (non-hydrogen) atoms. The highest BCUT2D eigenvalue weighted by atomic mass is 32.1. The highest BCUT2D eigenvalue weighted by Gasteiger charge is 2.26. The van der Waals surface area contributed by atoms with Crippen LogP contribution in [-0.2, 0) is 20.8 Å². The lowest BCUT2D eigenvalue weighted by atomic mass is 9.95. The van der Waals surface area contributed by atoms with Gasteiger partial charge in [0, 0.05) is 141 Å². The molecule has 20 aromatic heterocycles. The van der Waals surface area contributed by atoms with Crippen LogP contribution in [0, 0.1) is 11.3 Å². The van der Waals surface area contributed by atoms with Crippen LogP contribution in [-0.4, -0.2) is 152 Å². The van der Waals surface area contributed by atoms with Gasteiger partial charge < -0.3 is 40.8 Å².